The Morgan fingerprint density at radius 2 is 1.85 bits per heavy atom. The van der Waals surface area contributed by atoms with Crippen LogP contribution in [0.5, 0.6) is 11.5 Å². The summed E-state index contributed by atoms with van der Waals surface area (Å²) >= 11 is 16.1. The minimum Gasteiger partial charge on any atom is -0.493 e. The molecule has 1 N–H and O–H groups in total. The number of hydrogen-bond donors (Lipinski definition) is 1. The van der Waals surface area contributed by atoms with Gasteiger partial charge in [0, 0.05) is 15.6 Å². The van der Waals surface area contributed by atoms with Crippen LogP contribution in [0, 0.1) is 17.5 Å². The molecule has 1 aliphatic rings. The van der Waals surface area contributed by atoms with Gasteiger partial charge in [0.15, 0.2) is 29.0 Å². The van der Waals surface area contributed by atoms with Crippen molar-refractivity contribution in [1.82, 2.24) is 4.90 Å². The fourth-order valence-corrected chi connectivity index (χ4v) is 5.37. The molecule has 0 radical (unpaired) electrons. The molecule has 0 atom stereocenters. The molecule has 3 aromatic rings. The second-order valence-corrected chi connectivity index (χ2v) is 10.8. The first-order valence-electron chi connectivity index (χ1n) is 11.1. The molecule has 1 fully saturated rings. The van der Waals surface area contributed by atoms with Crippen molar-refractivity contribution >= 4 is 79.7 Å². The Balaban J connectivity index is 1.48. The van der Waals surface area contributed by atoms with Gasteiger partial charge in [0.1, 0.15) is 13.2 Å². The number of rotatable bonds is 8. The normalized spacial score (nSPS) is 14.2. The molecule has 0 spiro atoms. The molecule has 0 saturated carbocycles. The molecule has 0 aromatic heterocycles. The molecular formula is C26H16BrCl2F3N2O5S. The van der Waals surface area contributed by atoms with E-state index >= 15 is 0 Å². The third kappa shape index (κ3) is 6.57. The van der Waals surface area contributed by atoms with Crippen molar-refractivity contribution in [2.24, 2.45) is 0 Å². The molecule has 1 saturated heterocycles. The van der Waals surface area contributed by atoms with E-state index < -0.39 is 46.7 Å². The Hall–Kier alpha value is -3.19. The first-order valence-corrected chi connectivity index (χ1v) is 13.5. The molecule has 0 bridgehead atoms. The fourth-order valence-electron chi connectivity index (χ4n) is 3.50. The number of anilines is 1. The number of carbonyl (C=O) groups is 3. The quantitative estimate of drug-likeness (QED) is 0.197. The van der Waals surface area contributed by atoms with Crippen LogP contribution in [0.4, 0.5) is 23.7 Å². The number of carbonyl (C=O) groups excluding carboxylic acids is 3. The highest BCUT2D eigenvalue weighted by Gasteiger charge is 2.36. The first-order chi connectivity index (χ1) is 19.0. The molecule has 1 heterocycles. The lowest BCUT2D eigenvalue weighted by Gasteiger charge is -2.14. The average molecular weight is 676 g/mol. The Labute approximate surface area is 248 Å². The Morgan fingerprint density at radius 3 is 2.55 bits per heavy atom. The van der Waals surface area contributed by atoms with Crippen molar-refractivity contribution in [3.63, 3.8) is 0 Å². The van der Waals surface area contributed by atoms with E-state index in [1.807, 2.05) is 5.32 Å². The number of thioether (sulfide) groups is 1. The summed E-state index contributed by atoms with van der Waals surface area (Å²) in [5.41, 5.74) is 0.525. The third-order valence-corrected chi connectivity index (χ3v) is 7.50. The Morgan fingerprint density at radius 1 is 1.10 bits per heavy atom. The van der Waals surface area contributed by atoms with Gasteiger partial charge in [-0.1, -0.05) is 29.3 Å². The van der Waals surface area contributed by atoms with Crippen LogP contribution in [-0.4, -0.2) is 35.6 Å². The number of benzene rings is 3. The van der Waals surface area contributed by atoms with E-state index in [-0.39, 0.29) is 11.5 Å². The monoisotopic (exact) mass is 674 g/mol. The lowest BCUT2D eigenvalue weighted by molar-refractivity contribution is -0.127. The Kier molecular flexibility index (Phi) is 9.34. The zero-order valence-electron chi connectivity index (χ0n) is 20.2. The van der Waals surface area contributed by atoms with Gasteiger partial charge >= 0.3 is 0 Å². The summed E-state index contributed by atoms with van der Waals surface area (Å²) in [6, 6.07) is 9.66. The number of nitrogens with zero attached hydrogens (tertiary/aromatic N) is 1. The van der Waals surface area contributed by atoms with Crippen molar-refractivity contribution in [3.05, 3.63) is 90.5 Å². The highest BCUT2D eigenvalue weighted by Crippen LogP contribution is 2.40. The molecule has 3 amide bonds. The number of ether oxygens (including phenoxy) is 2. The van der Waals surface area contributed by atoms with Crippen LogP contribution in [0.15, 0.2) is 51.8 Å². The van der Waals surface area contributed by atoms with Crippen LogP contribution in [-0.2, 0) is 16.2 Å². The minimum atomic E-state index is -1.77. The molecule has 14 heteroatoms. The second-order valence-electron chi connectivity index (χ2n) is 8.10. The molecule has 0 aliphatic carbocycles. The maximum absolute atomic E-state index is 13.9. The molecule has 4 rings (SSSR count). The molecule has 208 valence electrons. The van der Waals surface area contributed by atoms with Gasteiger partial charge in [-0.25, -0.2) is 13.2 Å². The standard InChI is InChI=1S/C26H16BrCl2F3N2O5S/c1-38-19-7-12(6-15(27)24(19)39-11-13-2-3-14(28)9-16(13)29)8-20-25(36)34(26(37)40-20)10-21(35)33-18-5-4-17(30)22(31)23(18)32/h2-9H,10-11H2,1H3,(H,33,35)/b20-8+. The maximum atomic E-state index is 13.9. The van der Waals surface area contributed by atoms with Gasteiger partial charge in [-0.3, -0.25) is 19.3 Å². The first kappa shape index (κ1) is 29.8. The highest BCUT2D eigenvalue weighted by atomic mass is 79.9. The van der Waals surface area contributed by atoms with Gasteiger partial charge in [0.05, 0.1) is 22.2 Å². The van der Waals surface area contributed by atoms with Gasteiger partial charge < -0.3 is 14.8 Å². The van der Waals surface area contributed by atoms with Crippen LogP contribution < -0.4 is 14.8 Å². The van der Waals surface area contributed by atoms with Gasteiger partial charge in [0.25, 0.3) is 11.1 Å². The summed E-state index contributed by atoms with van der Waals surface area (Å²) in [7, 11) is 1.43. The van der Waals surface area contributed by atoms with Crippen molar-refractivity contribution in [2.45, 2.75) is 6.61 Å². The predicted molar refractivity (Wildman–Crippen MR) is 149 cm³/mol. The number of nitrogens with one attached hydrogen (secondary N) is 1. The van der Waals surface area contributed by atoms with Crippen LogP contribution in [0.2, 0.25) is 10.0 Å². The maximum Gasteiger partial charge on any atom is 0.294 e. The van der Waals surface area contributed by atoms with Gasteiger partial charge in [-0.2, -0.15) is 0 Å². The number of amides is 3. The molecule has 0 unspecified atom stereocenters. The van der Waals surface area contributed by atoms with E-state index in [1.165, 1.54) is 13.2 Å². The lowest BCUT2D eigenvalue weighted by atomic mass is 10.1. The van der Waals surface area contributed by atoms with Crippen LogP contribution in [0.25, 0.3) is 6.08 Å². The highest BCUT2D eigenvalue weighted by molar-refractivity contribution is 9.10. The van der Waals surface area contributed by atoms with Gasteiger partial charge in [0.2, 0.25) is 5.91 Å². The van der Waals surface area contributed by atoms with Crippen molar-refractivity contribution in [1.29, 1.82) is 0 Å². The van der Waals surface area contributed by atoms with Crippen LogP contribution in [0.1, 0.15) is 11.1 Å². The van der Waals surface area contributed by atoms with E-state index in [0.29, 0.717) is 59.9 Å². The summed E-state index contributed by atoms with van der Waals surface area (Å²) in [5.74, 6) is -5.88. The molecule has 7 nitrogen and oxygen atoms in total. The smallest absolute Gasteiger partial charge is 0.294 e. The van der Waals surface area contributed by atoms with E-state index in [9.17, 15) is 27.6 Å². The second kappa shape index (κ2) is 12.5. The zero-order chi connectivity index (χ0) is 29.1. The average Bonchev–Trinajstić information content (AvgIpc) is 3.16. The van der Waals surface area contributed by atoms with E-state index in [0.717, 1.165) is 6.07 Å². The lowest BCUT2D eigenvalue weighted by Crippen LogP contribution is -2.36. The molecular weight excluding hydrogens is 660 g/mol. The SMILES string of the molecule is COc1cc(/C=C2/SC(=O)N(CC(=O)Nc3ccc(F)c(F)c3F)C2=O)cc(Br)c1OCc1ccc(Cl)cc1Cl. The van der Waals surface area contributed by atoms with Gasteiger partial charge in [-0.15, -0.1) is 0 Å². The summed E-state index contributed by atoms with van der Waals surface area (Å²) in [6.45, 7) is -0.660. The summed E-state index contributed by atoms with van der Waals surface area (Å²) in [4.78, 5) is 38.3. The van der Waals surface area contributed by atoms with Crippen molar-refractivity contribution < 1.29 is 37.0 Å². The summed E-state index contributed by atoms with van der Waals surface area (Å²) in [5, 5.41) is 2.19. The number of halogens is 6. The number of hydrogen-bond acceptors (Lipinski definition) is 6. The third-order valence-electron chi connectivity index (χ3n) is 5.42. The molecule has 40 heavy (non-hydrogen) atoms. The minimum absolute atomic E-state index is 0.00683. The van der Waals surface area contributed by atoms with Gasteiger partial charge in [-0.05, 0) is 75.7 Å². The van der Waals surface area contributed by atoms with Crippen LogP contribution >= 0.6 is 50.9 Å². The predicted octanol–water partition coefficient (Wildman–Crippen LogP) is 7.44. The van der Waals surface area contributed by atoms with E-state index in [1.54, 1.807) is 30.3 Å². The zero-order valence-corrected chi connectivity index (χ0v) is 24.1. The fraction of sp³-hybridized carbons (Fsp3) is 0.115. The topological polar surface area (TPSA) is 84.9 Å². The summed E-state index contributed by atoms with van der Waals surface area (Å²) < 4.78 is 52.2. The number of methoxy groups -OCH3 is 1. The Bertz CT molecular complexity index is 1570. The van der Waals surface area contributed by atoms with Crippen molar-refractivity contribution in [3.8, 4) is 11.5 Å². The largest absolute Gasteiger partial charge is 0.493 e. The van der Waals surface area contributed by atoms with E-state index in [2.05, 4.69) is 15.9 Å². The van der Waals surface area contributed by atoms with E-state index in [4.69, 9.17) is 32.7 Å². The molecule has 3 aromatic carbocycles. The number of imide groups is 1. The van der Waals surface area contributed by atoms with Crippen molar-refractivity contribution in [2.75, 3.05) is 19.0 Å². The van der Waals surface area contributed by atoms with Crippen LogP contribution in [0.3, 0.4) is 0 Å². The molecule has 1 aliphatic heterocycles. The summed E-state index contributed by atoms with van der Waals surface area (Å²) in [6.07, 6.45) is 1.42.